The molecule has 2 rings (SSSR count). The van der Waals surface area contributed by atoms with Gasteiger partial charge in [-0.25, -0.2) is 0 Å². The summed E-state index contributed by atoms with van der Waals surface area (Å²) in [5.41, 5.74) is 0. The van der Waals surface area contributed by atoms with Gasteiger partial charge in [-0.3, -0.25) is 4.79 Å². The Morgan fingerprint density at radius 1 is 1.78 bits per heavy atom. The third kappa shape index (κ3) is 0.525. The van der Waals surface area contributed by atoms with Gasteiger partial charge >= 0.3 is 5.97 Å². The van der Waals surface area contributed by atoms with Gasteiger partial charge in [0.05, 0.1) is 13.0 Å². The third-order valence-corrected chi connectivity index (χ3v) is 2.23. The first-order chi connectivity index (χ1) is 4.34. The summed E-state index contributed by atoms with van der Waals surface area (Å²) in [6, 6.07) is 0.470. The highest BCUT2D eigenvalue weighted by Crippen LogP contribution is 2.45. The molecule has 0 radical (unpaired) electrons. The smallest absolute Gasteiger partial charge is 0.310 e. The highest BCUT2D eigenvalue weighted by atomic mass is 16.5. The highest BCUT2D eigenvalue weighted by Gasteiger charge is 2.61. The molecule has 2 fully saturated rings. The Kier molecular flexibility index (Phi) is 0.858. The van der Waals surface area contributed by atoms with Gasteiger partial charge in [-0.1, -0.05) is 0 Å². The number of carbonyl (C=O) groups excluding carboxylic acids is 1. The lowest BCUT2D eigenvalue weighted by molar-refractivity contribution is -0.142. The number of hydrogen-bond donors (Lipinski definition) is 1. The first-order valence-corrected chi connectivity index (χ1v) is 3.16. The number of rotatable bonds is 1. The maximum atomic E-state index is 10.8. The summed E-state index contributed by atoms with van der Waals surface area (Å²) < 4.78 is 4.58. The van der Waals surface area contributed by atoms with Gasteiger partial charge in [0, 0.05) is 18.5 Å². The lowest BCUT2D eigenvalue weighted by atomic mass is 10.3. The number of ether oxygens (including phenoxy) is 1. The molecule has 0 spiro atoms. The van der Waals surface area contributed by atoms with E-state index < -0.39 is 0 Å². The fourth-order valence-electron chi connectivity index (χ4n) is 1.48. The van der Waals surface area contributed by atoms with Crippen molar-refractivity contribution in [3.63, 3.8) is 0 Å². The lowest BCUT2D eigenvalue weighted by Gasteiger charge is -2.08. The summed E-state index contributed by atoms with van der Waals surface area (Å²) in [5, 5.41) is 3.15. The topological polar surface area (TPSA) is 38.3 Å². The van der Waals surface area contributed by atoms with Gasteiger partial charge in [-0.2, -0.15) is 0 Å². The van der Waals surface area contributed by atoms with E-state index in [1.54, 1.807) is 0 Å². The van der Waals surface area contributed by atoms with Crippen molar-refractivity contribution >= 4 is 5.97 Å². The predicted molar refractivity (Wildman–Crippen MR) is 30.8 cm³/mol. The van der Waals surface area contributed by atoms with Crippen molar-refractivity contribution in [1.29, 1.82) is 0 Å². The summed E-state index contributed by atoms with van der Waals surface area (Å²) in [4.78, 5) is 10.8. The zero-order valence-electron chi connectivity index (χ0n) is 5.26. The van der Waals surface area contributed by atoms with Gasteiger partial charge in [-0.15, -0.1) is 0 Å². The van der Waals surface area contributed by atoms with Crippen molar-refractivity contribution in [2.45, 2.75) is 6.04 Å². The summed E-state index contributed by atoms with van der Waals surface area (Å²) in [6.45, 7) is 1.00. The van der Waals surface area contributed by atoms with Gasteiger partial charge in [0.15, 0.2) is 0 Å². The minimum atomic E-state index is -0.0463. The number of esters is 1. The van der Waals surface area contributed by atoms with Gasteiger partial charge in [0.25, 0.3) is 0 Å². The average molecular weight is 127 g/mol. The van der Waals surface area contributed by atoms with Crippen LogP contribution in [0.25, 0.3) is 0 Å². The van der Waals surface area contributed by atoms with Crippen LogP contribution in [0.15, 0.2) is 0 Å². The van der Waals surface area contributed by atoms with Gasteiger partial charge in [-0.05, 0) is 0 Å². The number of carbonyl (C=O) groups is 1. The summed E-state index contributed by atoms with van der Waals surface area (Å²) >= 11 is 0. The summed E-state index contributed by atoms with van der Waals surface area (Å²) in [6.07, 6.45) is 0. The molecule has 1 saturated carbocycles. The van der Waals surface area contributed by atoms with Gasteiger partial charge in [0.1, 0.15) is 0 Å². The van der Waals surface area contributed by atoms with Gasteiger partial charge in [0.2, 0.25) is 0 Å². The molecule has 0 bridgehead atoms. The van der Waals surface area contributed by atoms with Crippen LogP contribution in [0.3, 0.4) is 0 Å². The van der Waals surface area contributed by atoms with E-state index >= 15 is 0 Å². The Bertz CT molecular complexity index is 147. The Morgan fingerprint density at radius 3 is 2.78 bits per heavy atom. The SMILES string of the molecule is COC(=O)[C@@H]1[C@H]2CN[C@H]21. The first kappa shape index (κ1) is 5.23. The minimum absolute atomic E-state index is 0.0463. The van der Waals surface area contributed by atoms with E-state index in [1.165, 1.54) is 7.11 Å². The molecule has 2 aliphatic rings. The van der Waals surface area contributed by atoms with Crippen molar-refractivity contribution in [3.8, 4) is 0 Å². The van der Waals surface area contributed by atoms with E-state index in [4.69, 9.17) is 0 Å². The second-order valence-electron chi connectivity index (χ2n) is 2.65. The normalized spacial score (nSPS) is 44.8. The van der Waals surface area contributed by atoms with E-state index in [-0.39, 0.29) is 11.9 Å². The quantitative estimate of drug-likeness (QED) is 0.477. The number of fused-ring (bicyclic) bond motifs is 1. The minimum Gasteiger partial charge on any atom is -0.469 e. The van der Waals surface area contributed by atoms with Gasteiger partial charge < -0.3 is 10.1 Å². The van der Waals surface area contributed by atoms with E-state index in [2.05, 4.69) is 10.1 Å². The summed E-state index contributed by atoms with van der Waals surface area (Å²) in [7, 11) is 1.44. The zero-order valence-corrected chi connectivity index (χ0v) is 5.26. The van der Waals surface area contributed by atoms with Crippen LogP contribution in [0.2, 0.25) is 0 Å². The Balaban J connectivity index is 1.95. The molecule has 0 aromatic heterocycles. The second-order valence-corrected chi connectivity index (χ2v) is 2.65. The molecule has 1 N–H and O–H groups in total. The largest absolute Gasteiger partial charge is 0.469 e. The third-order valence-electron chi connectivity index (χ3n) is 2.23. The molecule has 50 valence electrons. The lowest BCUT2D eigenvalue weighted by Crippen LogP contribution is -2.32. The van der Waals surface area contributed by atoms with Crippen LogP contribution in [0.5, 0.6) is 0 Å². The molecular weight excluding hydrogens is 118 g/mol. The van der Waals surface area contributed by atoms with Crippen LogP contribution < -0.4 is 5.32 Å². The fourth-order valence-corrected chi connectivity index (χ4v) is 1.48. The van der Waals surface area contributed by atoms with E-state index in [1.807, 2.05) is 0 Å². The second kappa shape index (κ2) is 1.48. The standard InChI is InChI=1S/C6H9NO2/c1-9-6(8)4-3-2-7-5(3)4/h3-5,7H,2H2,1H3/t3-,4-,5-/m1/s1. The fraction of sp³-hybridized carbons (Fsp3) is 0.833. The molecule has 0 unspecified atom stereocenters. The van der Waals surface area contributed by atoms with Crippen molar-refractivity contribution in [3.05, 3.63) is 0 Å². The molecule has 0 aromatic rings. The van der Waals surface area contributed by atoms with Crippen molar-refractivity contribution < 1.29 is 9.53 Å². The molecule has 3 nitrogen and oxygen atoms in total. The zero-order chi connectivity index (χ0) is 6.43. The van der Waals surface area contributed by atoms with Crippen molar-refractivity contribution in [2.75, 3.05) is 13.7 Å². The Morgan fingerprint density at radius 2 is 2.44 bits per heavy atom. The average Bonchev–Trinajstić information content (AvgIpc) is 2.32. The van der Waals surface area contributed by atoms with Crippen molar-refractivity contribution in [2.24, 2.45) is 11.8 Å². The molecule has 1 heterocycles. The van der Waals surface area contributed by atoms with Crippen LogP contribution in [0, 0.1) is 11.8 Å². The number of methoxy groups -OCH3 is 1. The maximum Gasteiger partial charge on any atom is 0.310 e. The highest BCUT2D eigenvalue weighted by molar-refractivity contribution is 5.78. The Hall–Kier alpha value is -0.570. The van der Waals surface area contributed by atoms with E-state index in [0.29, 0.717) is 12.0 Å². The van der Waals surface area contributed by atoms with Crippen LogP contribution in [-0.4, -0.2) is 25.7 Å². The molecule has 1 saturated heterocycles. The number of hydrogen-bond acceptors (Lipinski definition) is 3. The molecular formula is C6H9NO2. The predicted octanol–water partition coefficient (Wildman–Crippen LogP) is -0.623. The number of nitrogens with one attached hydrogen (secondary N) is 1. The van der Waals surface area contributed by atoms with Crippen molar-refractivity contribution in [1.82, 2.24) is 5.32 Å². The van der Waals surface area contributed by atoms with Crippen LogP contribution in [-0.2, 0) is 9.53 Å². The van der Waals surface area contributed by atoms with E-state index in [0.717, 1.165) is 6.54 Å². The molecule has 1 aliphatic heterocycles. The molecule has 3 heteroatoms. The van der Waals surface area contributed by atoms with Crippen LogP contribution in [0.1, 0.15) is 0 Å². The molecule has 9 heavy (non-hydrogen) atoms. The molecule has 0 amide bonds. The molecule has 1 aliphatic carbocycles. The van der Waals surface area contributed by atoms with E-state index in [9.17, 15) is 4.79 Å². The summed E-state index contributed by atoms with van der Waals surface area (Å²) in [5.74, 6) is 0.752. The molecule has 3 atom stereocenters. The Labute approximate surface area is 53.4 Å². The van der Waals surface area contributed by atoms with Crippen LogP contribution >= 0.6 is 0 Å². The first-order valence-electron chi connectivity index (χ1n) is 3.16. The maximum absolute atomic E-state index is 10.8. The monoisotopic (exact) mass is 127 g/mol. The molecule has 0 aromatic carbocycles. The van der Waals surface area contributed by atoms with Crippen LogP contribution in [0.4, 0.5) is 0 Å².